The molecule has 1 saturated carbocycles. The largest absolute Gasteiger partial charge is 0.313 e. The van der Waals surface area contributed by atoms with Crippen molar-refractivity contribution in [1.29, 1.82) is 0 Å². The summed E-state index contributed by atoms with van der Waals surface area (Å²) in [5, 5.41) is 3.79. The predicted molar refractivity (Wildman–Crippen MR) is 80.5 cm³/mol. The van der Waals surface area contributed by atoms with Crippen LogP contribution in [0.15, 0.2) is 0 Å². The fraction of sp³-hybridized carbons (Fsp3) is 1.00. The molecule has 2 aliphatic heterocycles. The molecule has 0 aromatic carbocycles. The Kier molecular flexibility index (Phi) is 4.78. The van der Waals surface area contributed by atoms with Crippen molar-refractivity contribution < 1.29 is 0 Å². The van der Waals surface area contributed by atoms with Gasteiger partial charge in [0, 0.05) is 44.3 Å². The minimum atomic E-state index is 0.752. The molecule has 2 atom stereocenters. The van der Waals surface area contributed by atoms with Crippen molar-refractivity contribution >= 4 is 0 Å². The third-order valence-electron chi connectivity index (χ3n) is 5.50. The molecule has 2 unspecified atom stereocenters. The maximum Gasteiger partial charge on any atom is 0.0224 e. The number of hydrogen-bond donors (Lipinski definition) is 1. The highest BCUT2D eigenvalue weighted by Crippen LogP contribution is 2.24. The number of fused-ring (bicyclic) bond motifs is 1. The van der Waals surface area contributed by atoms with Gasteiger partial charge in [-0.25, -0.2) is 0 Å². The number of rotatable bonds is 4. The van der Waals surface area contributed by atoms with Crippen LogP contribution in [0.5, 0.6) is 0 Å². The lowest BCUT2D eigenvalue weighted by Crippen LogP contribution is -2.56. The van der Waals surface area contributed by atoms with Crippen molar-refractivity contribution in [2.45, 2.75) is 70.0 Å². The Morgan fingerprint density at radius 2 is 1.84 bits per heavy atom. The van der Waals surface area contributed by atoms with Crippen molar-refractivity contribution in [2.24, 2.45) is 0 Å². The van der Waals surface area contributed by atoms with Crippen molar-refractivity contribution in [3.63, 3.8) is 0 Å². The first-order valence-corrected chi connectivity index (χ1v) is 8.54. The van der Waals surface area contributed by atoms with Gasteiger partial charge < -0.3 is 5.32 Å². The first-order valence-electron chi connectivity index (χ1n) is 8.54. The van der Waals surface area contributed by atoms with Crippen molar-refractivity contribution in [2.75, 3.05) is 32.7 Å². The SMILES string of the molecule is CC1CN2CCCC2CN1CCNC1CCCCC1. The Morgan fingerprint density at radius 3 is 2.68 bits per heavy atom. The van der Waals surface area contributed by atoms with Crippen LogP contribution in [0.4, 0.5) is 0 Å². The molecular formula is C16H31N3. The second kappa shape index (κ2) is 6.55. The fourth-order valence-corrected chi connectivity index (χ4v) is 4.28. The van der Waals surface area contributed by atoms with Crippen LogP contribution in [0, 0.1) is 0 Å². The molecule has 3 aliphatic rings. The van der Waals surface area contributed by atoms with Crippen LogP contribution < -0.4 is 5.32 Å². The van der Waals surface area contributed by atoms with Gasteiger partial charge in [0.15, 0.2) is 0 Å². The molecule has 0 spiro atoms. The minimum absolute atomic E-state index is 0.752. The maximum absolute atomic E-state index is 3.79. The van der Waals surface area contributed by atoms with Gasteiger partial charge in [-0.2, -0.15) is 0 Å². The second-order valence-electron chi connectivity index (χ2n) is 6.92. The van der Waals surface area contributed by atoms with Gasteiger partial charge in [-0.15, -0.1) is 0 Å². The summed E-state index contributed by atoms with van der Waals surface area (Å²) < 4.78 is 0. The molecule has 3 fully saturated rings. The molecule has 0 amide bonds. The average molecular weight is 265 g/mol. The quantitative estimate of drug-likeness (QED) is 0.839. The fourth-order valence-electron chi connectivity index (χ4n) is 4.28. The zero-order valence-electron chi connectivity index (χ0n) is 12.6. The molecule has 19 heavy (non-hydrogen) atoms. The lowest BCUT2D eigenvalue weighted by Gasteiger charge is -2.42. The zero-order chi connectivity index (χ0) is 13.1. The van der Waals surface area contributed by atoms with Crippen LogP contribution in [0.25, 0.3) is 0 Å². The first-order chi connectivity index (χ1) is 9.33. The standard InChI is InChI=1S/C16H31N3/c1-14-12-19-10-5-8-16(19)13-18(14)11-9-17-15-6-3-2-4-7-15/h14-17H,2-13H2,1H3. The van der Waals surface area contributed by atoms with Crippen molar-refractivity contribution in [3.8, 4) is 0 Å². The van der Waals surface area contributed by atoms with Crippen molar-refractivity contribution in [3.05, 3.63) is 0 Å². The van der Waals surface area contributed by atoms with E-state index in [1.165, 1.54) is 77.7 Å². The number of piperazine rings is 1. The van der Waals surface area contributed by atoms with Gasteiger partial charge in [0.05, 0.1) is 0 Å². The van der Waals surface area contributed by atoms with Crippen LogP contribution in [-0.2, 0) is 0 Å². The molecule has 2 saturated heterocycles. The van der Waals surface area contributed by atoms with Crippen LogP contribution in [0.2, 0.25) is 0 Å². The van der Waals surface area contributed by atoms with Gasteiger partial charge in [-0.3, -0.25) is 9.80 Å². The Bertz CT molecular complexity index is 275. The number of nitrogens with one attached hydrogen (secondary N) is 1. The zero-order valence-corrected chi connectivity index (χ0v) is 12.6. The molecule has 0 aromatic rings. The summed E-state index contributed by atoms with van der Waals surface area (Å²) in [5.41, 5.74) is 0. The molecule has 3 rings (SSSR count). The van der Waals surface area contributed by atoms with Crippen molar-refractivity contribution in [1.82, 2.24) is 15.1 Å². The van der Waals surface area contributed by atoms with Crippen LogP contribution >= 0.6 is 0 Å². The Labute approximate surface area is 118 Å². The third kappa shape index (κ3) is 3.50. The van der Waals surface area contributed by atoms with Crippen LogP contribution in [0.3, 0.4) is 0 Å². The molecule has 1 aliphatic carbocycles. The highest BCUT2D eigenvalue weighted by molar-refractivity contribution is 4.90. The van der Waals surface area contributed by atoms with E-state index in [4.69, 9.17) is 0 Å². The van der Waals surface area contributed by atoms with Crippen LogP contribution in [-0.4, -0.2) is 60.6 Å². The summed E-state index contributed by atoms with van der Waals surface area (Å²) in [6.45, 7) is 8.82. The van der Waals surface area contributed by atoms with Gasteiger partial charge in [-0.05, 0) is 39.2 Å². The molecule has 3 heteroatoms. The van der Waals surface area contributed by atoms with E-state index in [9.17, 15) is 0 Å². The molecule has 0 bridgehead atoms. The lowest BCUT2D eigenvalue weighted by atomic mass is 9.95. The van der Waals surface area contributed by atoms with E-state index in [1.54, 1.807) is 0 Å². The number of nitrogens with zero attached hydrogens (tertiary/aromatic N) is 2. The van der Waals surface area contributed by atoms with Gasteiger partial charge >= 0.3 is 0 Å². The Morgan fingerprint density at radius 1 is 1.00 bits per heavy atom. The summed E-state index contributed by atoms with van der Waals surface area (Å²) in [5.74, 6) is 0. The van der Waals surface area contributed by atoms with Gasteiger partial charge in [0.1, 0.15) is 0 Å². The molecule has 0 aromatic heterocycles. The van der Waals surface area contributed by atoms with Crippen LogP contribution in [0.1, 0.15) is 51.9 Å². The van der Waals surface area contributed by atoms with E-state index < -0.39 is 0 Å². The highest BCUT2D eigenvalue weighted by Gasteiger charge is 2.33. The average Bonchev–Trinajstić information content (AvgIpc) is 2.87. The van der Waals surface area contributed by atoms with E-state index in [0.717, 1.165) is 18.1 Å². The smallest absolute Gasteiger partial charge is 0.0224 e. The molecule has 3 nitrogen and oxygen atoms in total. The maximum atomic E-state index is 3.79. The summed E-state index contributed by atoms with van der Waals surface area (Å²) in [7, 11) is 0. The molecule has 0 radical (unpaired) electrons. The molecule has 110 valence electrons. The normalized spacial score (nSPS) is 34.6. The van der Waals surface area contributed by atoms with Gasteiger partial charge in [0.25, 0.3) is 0 Å². The molecule has 2 heterocycles. The summed E-state index contributed by atoms with van der Waals surface area (Å²) >= 11 is 0. The van der Waals surface area contributed by atoms with E-state index in [-0.39, 0.29) is 0 Å². The monoisotopic (exact) mass is 265 g/mol. The minimum Gasteiger partial charge on any atom is -0.313 e. The van der Waals surface area contributed by atoms with E-state index in [1.807, 2.05) is 0 Å². The van der Waals surface area contributed by atoms with E-state index in [2.05, 4.69) is 22.0 Å². The molecule has 1 N–H and O–H groups in total. The number of hydrogen-bond acceptors (Lipinski definition) is 3. The lowest BCUT2D eigenvalue weighted by molar-refractivity contribution is 0.0595. The topological polar surface area (TPSA) is 18.5 Å². The third-order valence-corrected chi connectivity index (χ3v) is 5.50. The van der Waals surface area contributed by atoms with Gasteiger partial charge in [-0.1, -0.05) is 19.3 Å². The second-order valence-corrected chi connectivity index (χ2v) is 6.92. The molecular weight excluding hydrogens is 234 g/mol. The summed E-state index contributed by atoms with van der Waals surface area (Å²) in [6.07, 6.45) is 10.0. The predicted octanol–water partition coefficient (Wildman–Crippen LogP) is 2.08. The van der Waals surface area contributed by atoms with Gasteiger partial charge in [0.2, 0.25) is 0 Å². The summed E-state index contributed by atoms with van der Waals surface area (Å²) in [4.78, 5) is 5.44. The Balaban J connectivity index is 1.39. The van der Waals surface area contributed by atoms with E-state index in [0.29, 0.717) is 0 Å². The first kappa shape index (κ1) is 13.8. The Hall–Kier alpha value is -0.120. The van der Waals surface area contributed by atoms with E-state index >= 15 is 0 Å². The summed E-state index contributed by atoms with van der Waals surface area (Å²) in [6, 6.07) is 2.44. The highest BCUT2D eigenvalue weighted by atomic mass is 15.3.